The third-order valence-electron chi connectivity index (χ3n) is 6.00. The zero-order chi connectivity index (χ0) is 19.6. The summed E-state index contributed by atoms with van der Waals surface area (Å²) >= 11 is 1.29. The van der Waals surface area contributed by atoms with Crippen molar-refractivity contribution in [1.29, 1.82) is 0 Å². The smallest absolute Gasteiger partial charge is 0.252 e. The van der Waals surface area contributed by atoms with Crippen LogP contribution in [0.1, 0.15) is 26.2 Å². The molecular weight excluding hydrogens is 398 g/mol. The molecular formula is C19H31N3O4S2. The highest BCUT2D eigenvalue weighted by Crippen LogP contribution is 2.32. The van der Waals surface area contributed by atoms with Crippen molar-refractivity contribution >= 4 is 21.4 Å². The Hall–Kier alpha value is -0.550. The summed E-state index contributed by atoms with van der Waals surface area (Å²) in [5.41, 5.74) is 0. The Bertz CT molecular complexity index is 728. The van der Waals surface area contributed by atoms with Crippen molar-refractivity contribution in [2.45, 2.75) is 54.6 Å². The van der Waals surface area contributed by atoms with Crippen molar-refractivity contribution in [3.63, 3.8) is 0 Å². The van der Waals surface area contributed by atoms with Gasteiger partial charge in [-0.3, -0.25) is 4.90 Å². The van der Waals surface area contributed by atoms with Crippen molar-refractivity contribution in [2.75, 3.05) is 46.0 Å². The van der Waals surface area contributed by atoms with Crippen LogP contribution in [-0.2, 0) is 19.5 Å². The number of rotatable bonds is 8. The molecule has 7 nitrogen and oxygen atoms in total. The predicted molar refractivity (Wildman–Crippen MR) is 109 cm³/mol. The number of hydrogen-bond donors (Lipinski definition) is 1. The summed E-state index contributed by atoms with van der Waals surface area (Å²) in [7, 11) is -3.39. The van der Waals surface area contributed by atoms with E-state index in [1.54, 1.807) is 16.4 Å². The zero-order valence-corrected chi connectivity index (χ0v) is 18.1. The fraction of sp³-hybridized carbons (Fsp3) is 0.789. The van der Waals surface area contributed by atoms with Crippen LogP contribution in [0.2, 0.25) is 0 Å². The van der Waals surface area contributed by atoms with Crippen LogP contribution in [0, 0.1) is 0 Å². The number of nitrogens with zero attached hydrogens (tertiary/aromatic N) is 2. The molecule has 0 amide bonds. The van der Waals surface area contributed by atoms with Gasteiger partial charge in [-0.1, -0.05) is 19.4 Å². The van der Waals surface area contributed by atoms with E-state index < -0.39 is 10.0 Å². The maximum Gasteiger partial charge on any atom is 0.252 e. The van der Waals surface area contributed by atoms with Crippen LogP contribution in [-0.4, -0.2) is 87.9 Å². The Balaban J connectivity index is 1.38. The molecule has 3 saturated heterocycles. The summed E-state index contributed by atoms with van der Waals surface area (Å²) in [4.78, 5) is 2.50. The van der Waals surface area contributed by atoms with E-state index in [-0.39, 0.29) is 18.2 Å². The molecule has 0 radical (unpaired) electrons. The van der Waals surface area contributed by atoms with E-state index in [1.807, 2.05) is 5.38 Å². The lowest BCUT2D eigenvalue weighted by molar-refractivity contribution is -0.0500. The molecule has 3 fully saturated rings. The Morgan fingerprint density at radius 1 is 1.39 bits per heavy atom. The van der Waals surface area contributed by atoms with E-state index in [9.17, 15) is 8.42 Å². The zero-order valence-electron chi connectivity index (χ0n) is 16.5. The molecule has 0 aliphatic carbocycles. The first-order chi connectivity index (χ1) is 13.6. The summed E-state index contributed by atoms with van der Waals surface area (Å²) in [5, 5.41) is 5.34. The highest BCUT2D eigenvalue weighted by Gasteiger charge is 2.46. The molecule has 0 saturated carbocycles. The average Bonchev–Trinajstić information content (AvgIpc) is 3.29. The minimum Gasteiger partial charge on any atom is -0.378 e. The molecule has 3 aliphatic rings. The summed E-state index contributed by atoms with van der Waals surface area (Å²) in [6.07, 6.45) is 3.47. The normalized spacial score (nSPS) is 32.0. The van der Waals surface area contributed by atoms with E-state index >= 15 is 0 Å². The lowest BCUT2D eigenvalue weighted by Gasteiger charge is -2.40. The number of nitrogens with one attached hydrogen (secondary N) is 1. The van der Waals surface area contributed by atoms with Gasteiger partial charge in [-0.15, -0.1) is 11.3 Å². The molecule has 1 N–H and O–H groups in total. The van der Waals surface area contributed by atoms with Crippen LogP contribution in [0.5, 0.6) is 0 Å². The topological polar surface area (TPSA) is 71.1 Å². The number of fused-ring (bicyclic) bond motifs is 2. The highest BCUT2D eigenvalue weighted by atomic mass is 32.2. The van der Waals surface area contributed by atoms with Crippen LogP contribution in [0.25, 0.3) is 0 Å². The average molecular weight is 430 g/mol. The van der Waals surface area contributed by atoms with Crippen LogP contribution in [0.15, 0.2) is 21.7 Å². The van der Waals surface area contributed by atoms with E-state index in [0.717, 1.165) is 39.0 Å². The molecule has 158 valence electrons. The lowest BCUT2D eigenvalue weighted by Crippen LogP contribution is -2.59. The second-order valence-corrected chi connectivity index (χ2v) is 11.0. The Labute approximate surface area is 172 Å². The molecule has 9 heteroatoms. The van der Waals surface area contributed by atoms with Gasteiger partial charge in [0.15, 0.2) is 0 Å². The number of hydrogen-bond acceptors (Lipinski definition) is 7. The second kappa shape index (κ2) is 9.07. The molecule has 4 atom stereocenters. The number of sulfonamides is 1. The minimum absolute atomic E-state index is 0.126. The van der Waals surface area contributed by atoms with Gasteiger partial charge in [0.05, 0.1) is 25.4 Å². The molecule has 0 aromatic carbocycles. The largest absolute Gasteiger partial charge is 0.378 e. The fourth-order valence-electron chi connectivity index (χ4n) is 4.51. The van der Waals surface area contributed by atoms with Gasteiger partial charge >= 0.3 is 0 Å². The molecule has 4 heterocycles. The minimum atomic E-state index is -3.39. The molecule has 3 unspecified atom stereocenters. The number of morpholine rings is 1. The van der Waals surface area contributed by atoms with Gasteiger partial charge in [-0.25, -0.2) is 8.42 Å². The maximum atomic E-state index is 12.9. The number of piperazine rings is 1. The van der Waals surface area contributed by atoms with Crippen molar-refractivity contribution in [2.24, 2.45) is 0 Å². The van der Waals surface area contributed by atoms with Crippen LogP contribution < -0.4 is 5.32 Å². The van der Waals surface area contributed by atoms with E-state index in [2.05, 4.69) is 17.1 Å². The van der Waals surface area contributed by atoms with Gasteiger partial charge in [0, 0.05) is 44.9 Å². The summed E-state index contributed by atoms with van der Waals surface area (Å²) in [6, 6.07) is 4.26. The van der Waals surface area contributed by atoms with Crippen LogP contribution in [0.3, 0.4) is 0 Å². The van der Waals surface area contributed by atoms with Gasteiger partial charge in [0.2, 0.25) is 0 Å². The second-order valence-electron chi connectivity index (χ2n) is 7.90. The molecule has 3 aliphatic heterocycles. The lowest BCUT2D eigenvalue weighted by atomic mass is 10.1. The van der Waals surface area contributed by atoms with Gasteiger partial charge in [0.25, 0.3) is 10.0 Å². The van der Waals surface area contributed by atoms with Crippen molar-refractivity contribution in [3.8, 4) is 0 Å². The number of unbranched alkanes of at least 4 members (excludes halogenated alkanes) is 1. The van der Waals surface area contributed by atoms with E-state index in [0.29, 0.717) is 36.5 Å². The Morgan fingerprint density at radius 3 is 3.07 bits per heavy atom. The van der Waals surface area contributed by atoms with Crippen molar-refractivity contribution in [1.82, 2.24) is 14.5 Å². The molecule has 1 aromatic heterocycles. The molecule has 4 rings (SSSR count). The van der Waals surface area contributed by atoms with Crippen LogP contribution >= 0.6 is 11.3 Å². The van der Waals surface area contributed by atoms with Gasteiger partial charge < -0.3 is 14.8 Å². The first-order valence-corrected chi connectivity index (χ1v) is 12.6. The Kier molecular flexibility index (Phi) is 6.71. The van der Waals surface area contributed by atoms with Crippen LogP contribution in [0.4, 0.5) is 0 Å². The quantitative estimate of drug-likeness (QED) is 0.630. The standard InChI is InChI=1S/C19H31N3O4S2/c1-2-3-8-26-18-10-16-13-25-14-17(18)22(16)12-15-11-21(7-6-20-15)28(23,24)19-5-4-9-27-19/h4-5,9,15-18,20H,2-3,6-8,10-14H2,1H3/t15-,16?,17?,18?/m1/s1. The maximum absolute atomic E-state index is 12.9. The molecule has 0 spiro atoms. The molecule has 2 bridgehead atoms. The first kappa shape index (κ1) is 20.7. The van der Waals surface area contributed by atoms with Crippen molar-refractivity contribution < 1.29 is 17.9 Å². The van der Waals surface area contributed by atoms with E-state index in [4.69, 9.17) is 9.47 Å². The SMILES string of the molecule is CCCCOC1CC2COCC1N2C[C@H]1CN(S(=O)(=O)c2cccs2)CCN1. The number of ether oxygens (including phenoxy) is 2. The fourth-order valence-corrected chi connectivity index (χ4v) is 7.14. The summed E-state index contributed by atoms with van der Waals surface area (Å²) < 4.78 is 39.8. The highest BCUT2D eigenvalue weighted by molar-refractivity contribution is 7.91. The summed E-state index contributed by atoms with van der Waals surface area (Å²) in [5.74, 6) is 0. The molecule has 28 heavy (non-hydrogen) atoms. The molecule has 1 aromatic rings. The van der Waals surface area contributed by atoms with Crippen molar-refractivity contribution in [3.05, 3.63) is 17.5 Å². The van der Waals surface area contributed by atoms with Gasteiger partial charge in [-0.05, 0) is 24.3 Å². The Morgan fingerprint density at radius 2 is 2.29 bits per heavy atom. The van der Waals surface area contributed by atoms with Gasteiger partial charge in [0.1, 0.15) is 4.21 Å². The third-order valence-corrected chi connectivity index (χ3v) is 9.23. The third kappa shape index (κ3) is 4.30. The first-order valence-electron chi connectivity index (χ1n) is 10.3. The van der Waals surface area contributed by atoms with Gasteiger partial charge in [-0.2, -0.15) is 4.31 Å². The van der Waals surface area contributed by atoms with E-state index in [1.165, 1.54) is 11.3 Å². The monoisotopic (exact) mass is 429 g/mol. The predicted octanol–water partition coefficient (Wildman–Crippen LogP) is 1.37. The summed E-state index contributed by atoms with van der Waals surface area (Å²) in [6.45, 7) is 7.00. The number of thiophene rings is 1.